The number of hydrogen-bond acceptors (Lipinski definition) is 9. The largest absolute Gasteiger partial charge is 0.493 e. The number of hydrogen-bond donors (Lipinski definition) is 0. The van der Waals surface area contributed by atoms with Crippen molar-refractivity contribution in [2.75, 3.05) is 13.7 Å². The molecule has 0 amide bonds. The molecule has 10 nitrogen and oxygen atoms in total. The maximum absolute atomic E-state index is 13.8. The number of esters is 1. The third-order valence-corrected chi connectivity index (χ3v) is 7.96. The molecule has 0 spiro atoms. The summed E-state index contributed by atoms with van der Waals surface area (Å²) in [4.78, 5) is 42.3. The minimum absolute atomic E-state index is 0.00253. The molecule has 2 heterocycles. The summed E-state index contributed by atoms with van der Waals surface area (Å²) in [5.41, 5.74) is 2.60. The molecule has 0 radical (unpaired) electrons. The number of nitrogens with zero attached hydrogens (tertiary/aromatic N) is 3. The van der Waals surface area contributed by atoms with E-state index >= 15 is 0 Å². The van der Waals surface area contributed by atoms with Gasteiger partial charge in [-0.3, -0.25) is 19.5 Å². The number of methoxy groups -OCH3 is 1. The molecule has 1 atom stereocenters. The Bertz CT molecular complexity index is 1910. The van der Waals surface area contributed by atoms with Crippen LogP contribution in [0.2, 0.25) is 5.02 Å². The van der Waals surface area contributed by atoms with Crippen molar-refractivity contribution in [1.29, 1.82) is 0 Å². The zero-order valence-electron chi connectivity index (χ0n) is 23.4. The monoisotopic (exact) mass is 619 g/mol. The molecule has 1 aliphatic rings. The minimum Gasteiger partial charge on any atom is -0.493 e. The molecule has 1 aliphatic heterocycles. The van der Waals surface area contributed by atoms with E-state index in [2.05, 4.69) is 4.99 Å². The summed E-state index contributed by atoms with van der Waals surface area (Å²) >= 11 is 7.33. The number of allylic oxidation sites excluding steroid dienone is 1. The van der Waals surface area contributed by atoms with Crippen LogP contribution in [0.5, 0.6) is 11.5 Å². The van der Waals surface area contributed by atoms with Crippen LogP contribution in [0.1, 0.15) is 36.6 Å². The zero-order valence-corrected chi connectivity index (χ0v) is 25.0. The van der Waals surface area contributed by atoms with Crippen molar-refractivity contribution < 1.29 is 23.9 Å². The second kappa shape index (κ2) is 12.6. The first-order valence-corrected chi connectivity index (χ1v) is 14.4. The van der Waals surface area contributed by atoms with Gasteiger partial charge in [-0.1, -0.05) is 41.1 Å². The third-order valence-electron chi connectivity index (χ3n) is 6.73. The minimum atomic E-state index is -0.737. The molecule has 0 bridgehead atoms. The summed E-state index contributed by atoms with van der Waals surface area (Å²) in [6.45, 7) is 3.81. The normalized spacial score (nSPS) is 14.6. The summed E-state index contributed by atoms with van der Waals surface area (Å²) < 4.78 is 18.7. The predicted octanol–water partition coefficient (Wildman–Crippen LogP) is 4.95. The molecule has 1 unspecified atom stereocenters. The van der Waals surface area contributed by atoms with Crippen molar-refractivity contribution in [2.24, 2.45) is 4.99 Å². The number of fused-ring (bicyclic) bond motifs is 1. The molecule has 4 aromatic rings. The van der Waals surface area contributed by atoms with Gasteiger partial charge in [0.2, 0.25) is 0 Å². The van der Waals surface area contributed by atoms with Crippen LogP contribution < -0.4 is 24.4 Å². The van der Waals surface area contributed by atoms with Crippen molar-refractivity contribution in [3.8, 4) is 11.5 Å². The molecule has 0 N–H and O–H groups in total. The van der Waals surface area contributed by atoms with Crippen LogP contribution in [-0.4, -0.2) is 29.2 Å². The zero-order chi connectivity index (χ0) is 30.7. The maximum Gasteiger partial charge on any atom is 0.338 e. The molecule has 1 aromatic heterocycles. The van der Waals surface area contributed by atoms with E-state index in [-0.39, 0.29) is 24.5 Å². The fourth-order valence-electron chi connectivity index (χ4n) is 4.67. The number of non-ortho nitro benzene ring substituents is 1. The second-order valence-corrected chi connectivity index (χ2v) is 10.9. The Labute approximate surface area is 254 Å². The molecule has 0 fully saturated rings. The highest BCUT2D eigenvalue weighted by atomic mass is 35.5. The van der Waals surface area contributed by atoms with Gasteiger partial charge < -0.3 is 14.2 Å². The van der Waals surface area contributed by atoms with E-state index in [4.69, 9.17) is 25.8 Å². The summed E-state index contributed by atoms with van der Waals surface area (Å²) in [7, 11) is 1.51. The second-order valence-electron chi connectivity index (χ2n) is 9.48. The summed E-state index contributed by atoms with van der Waals surface area (Å²) in [5, 5.41) is 11.4. The lowest BCUT2D eigenvalue weighted by molar-refractivity contribution is -0.384. The van der Waals surface area contributed by atoms with Gasteiger partial charge >= 0.3 is 5.97 Å². The number of carbonyl (C=O) groups is 1. The van der Waals surface area contributed by atoms with Crippen LogP contribution >= 0.6 is 22.9 Å². The standard InChI is InChI=1S/C31H26ClN3O7S/c1-4-41-30(37)27-18(2)33-31-34(28(27)21-8-10-22(32)11-9-21)29(36)26(43-31)16-20-7-14-24(25(15-20)40-3)42-17-19-5-12-23(13-6-19)35(38)39/h5-16,28H,4,17H2,1-3H3/b26-16-. The smallest absolute Gasteiger partial charge is 0.338 e. The van der Waals surface area contributed by atoms with Gasteiger partial charge in [-0.2, -0.15) is 0 Å². The van der Waals surface area contributed by atoms with Crippen molar-refractivity contribution in [3.63, 3.8) is 0 Å². The lowest BCUT2D eigenvalue weighted by atomic mass is 9.96. The topological polar surface area (TPSA) is 122 Å². The van der Waals surface area contributed by atoms with E-state index in [1.165, 1.54) is 35.1 Å². The number of carbonyl (C=O) groups excluding carboxylic acids is 1. The highest BCUT2D eigenvalue weighted by molar-refractivity contribution is 7.07. The Morgan fingerprint density at radius 1 is 1.12 bits per heavy atom. The fourth-order valence-corrected chi connectivity index (χ4v) is 5.84. The van der Waals surface area contributed by atoms with E-state index in [1.807, 2.05) is 0 Å². The lowest BCUT2D eigenvalue weighted by Crippen LogP contribution is -2.39. The van der Waals surface area contributed by atoms with Gasteiger partial charge in [0, 0.05) is 17.2 Å². The molecule has 5 rings (SSSR count). The number of nitro benzene ring substituents is 1. The van der Waals surface area contributed by atoms with Crippen LogP contribution in [0, 0.1) is 10.1 Å². The lowest BCUT2D eigenvalue weighted by Gasteiger charge is -2.24. The fraction of sp³-hybridized carbons (Fsp3) is 0.194. The average Bonchev–Trinajstić information content (AvgIpc) is 3.30. The molecular formula is C31H26ClN3O7S. The van der Waals surface area contributed by atoms with E-state index < -0.39 is 16.9 Å². The Morgan fingerprint density at radius 2 is 1.84 bits per heavy atom. The van der Waals surface area contributed by atoms with E-state index in [9.17, 15) is 19.7 Å². The van der Waals surface area contributed by atoms with Crippen molar-refractivity contribution in [3.05, 3.63) is 130 Å². The SMILES string of the molecule is CCOC(=O)C1=C(C)N=c2s/c(=C\c3ccc(OCc4ccc([N+](=O)[O-])cc4)c(OC)c3)c(=O)n2C1c1ccc(Cl)cc1. The van der Waals surface area contributed by atoms with Crippen LogP contribution in [0.15, 0.2) is 87.8 Å². The van der Waals surface area contributed by atoms with Crippen molar-refractivity contribution >= 4 is 40.7 Å². The molecule has 0 aliphatic carbocycles. The molecule has 43 heavy (non-hydrogen) atoms. The van der Waals surface area contributed by atoms with Gasteiger partial charge in [0.15, 0.2) is 16.3 Å². The van der Waals surface area contributed by atoms with Crippen molar-refractivity contribution in [2.45, 2.75) is 26.5 Å². The number of ether oxygens (including phenoxy) is 3. The van der Waals surface area contributed by atoms with Crippen LogP contribution in [0.25, 0.3) is 6.08 Å². The summed E-state index contributed by atoms with van der Waals surface area (Å²) in [6.07, 6.45) is 1.73. The number of rotatable bonds is 9. The molecule has 0 saturated heterocycles. The number of halogens is 1. The molecule has 12 heteroatoms. The van der Waals surface area contributed by atoms with Gasteiger partial charge in [-0.25, -0.2) is 9.79 Å². The number of benzene rings is 3. The highest BCUT2D eigenvalue weighted by Crippen LogP contribution is 2.32. The first-order valence-electron chi connectivity index (χ1n) is 13.2. The summed E-state index contributed by atoms with van der Waals surface area (Å²) in [6, 6.07) is 17.6. The Hall–Kier alpha value is -4.74. The highest BCUT2D eigenvalue weighted by Gasteiger charge is 2.33. The molecule has 0 saturated carbocycles. The quantitative estimate of drug-likeness (QED) is 0.148. The number of aromatic nitrogens is 1. The predicted molar refractivity (Wildman–Crippen MR) is 162 cm³/mol. The van der Waals surface area contributed by atoms with Gasteiger partial charge in [-0.05, 0) is 73.0 Å². The van der Waals surface area contributed by atoms with Crippen LogP contribution in [0.4, 0.5) is 5.69 Å². The maximum atomic E-state index is 13.8. The summed E-state index contributed by atoms with van der Waals surface area (Å²) in [5.74, 6) is 0.381. The van der Waals surface area contributed by atoms with Crippen LogP contribution in [-0.2, 0) is 16.1 Å². The van der Waals surface area contributed by atoms with E-state index in [1.54, 1.807) is 74.5 Å². The van der Waals surface area contributed by atoms with Crippen LogP contribution in [0.3, 0.4) is 0 Å². The van der Waals surface area contributed by atoms with Crippen molar-refractivity contribution in [1.82, 2.24) is 4.57 Å². The van der Waals surface area contributed by atoms with E-state index in [0.717, 1.165) is 5.56 Å². The third kappa shape index (κ3) is 6.23. The first-order chi connectivity index (χ1) is 20.7. The average molecular weight is 620 g/mol. The van der Waals surface area contributed by atoms with Gasteiger partial charge in [0.05, 0.1) is 40.5 Å². The Kier molecular flexibility index (Phi) is 8.74. The first kappa shape index (κ1) is 29.7. The Morgan fingerprint density at radius 3 is 2.49 bits per heavy atom. The molecule has 3 aromatic carbocycles. The van der Waals surface area contributed by atoms with E-state index in [0.29, 0.717) is 48.3 Å². The Balaban J connectivity index is 1.50. The number of nitro groups is 1. The number of thiazole rings is 1. The van der Waals surface area contributed by atoms with Gasteiger partial charge in [0.1, 0.15) is 6.61 Å². The molecule has 220 valence electrons. The van der Waals surface area contributed by atoms with Gasteiger partial charge in [0.25, 0.3) is 11.2 Å². The van der Waals surface area contributed by atoms with Gasteiger partial charge in [-0.15, -0.1) is 0 Å². The molecular weight excluding hydrogens is 594 g/mol.